The zero-order valence-electron chi connectivity index (χ0n) is 24.7. The summed E-state index contributed by atoms with van der Waals surface area (Å²) in [5.41, 5.74) is 21.6. The summed E-state index contributed by atoms with van der Waals surface area (Å²) < 4.78 is 0. The molecular weight excluding hydrogens is 568 g/mol. The molecule has 0 spiro atoms. The van der Waals surface area contributed by atoms with E-state index in [0.717, 1.165) is 27.9 Å². The van der Waals surface area contributed by atoms with E-state index in [0.29, 0.717) is 29.6 Å². The van der Waals surface area contributed by atoms with Crippen molar-refractivity contribution >= 4 is 46.0 Å². The van der Waals surface area contributed by atoms with E-state index in [1.165, 1.54) is 0 Å². The van der Waals surface area contributed by atoms with Crippen LogP contribution in [0.3, 0.4) is 0 Å². The maximum Gasteiger partial charge on any atom is 0.254 e. The first kappa shape index (κ1) is 30.7. The van der Waals surface area contributed by atoms with Crippen LogP contribution in [0.1, 0.15) is 35.2 Å². The molecule has 45 heavy (non-hydrogen) atoms. The Kier molecular flexibility index (Phi) is 9.68. The van der Waals surface area contributed by atoms with Gasteiger partial charge in [-0.2, -0.15) is 0 Å². The highest BCUT2D eigenvalue weighted by molar-refractivity contribution is 6.10. The van der Waals surface area contributed by atoms with Crippen molar-refractivity contribution in [2.24, 2.45) is 22.2 Å². The average molecular weight is 605 g/mol. The van der Waals surface area contributed by atoms with Crippen molar-refractivity contribution in [2.45, 2.75) is 37.8 Å². The zero-order valence-corrected chi connectivity index (χ0v) is 24.7. The fourth-order valence-electron chi connectivity index (χ4n) is 5.15. The van der Waals surface area contributed by atoms with E-state index in [1.807, 2.05) is 78.9 Å². The molecule has 0 fully saturated rings. The first-order valence-corrected chi connectivity index (χ1v) is 14.7. The fraction of sp³-hybridized carbons (Fsp3) is 0.206. The average Bonchev–Trinajstić information content (AvgIpc) is 3.03. The van der Waals surface area contributed by atoms with E-state index in [4.69, 9.17) is 22.2 Å². The molecule has 11 nitrogen and oxygen atoms in total. The number of rotatable bonds is 7. The molecule has 2 aliphatic heterocycles. The van der Waals surface area contributed by atoms with Crippen LogP contribution in [-0.4, -0.2) is 47.3 Å². The Morgan fingerprint density at radius 1 is 0.933 bits per heavy atom. The topological polar surface area (TPSA) is 191 Å². The molecule has 2 aliphatic rings. The Hall–Kier alpha value is -5.71. The number of pyridine rings is 1. The fourth-order valence-corrected chi connectivity index (χ4v) is 5.15. The molecule has 4 bridgehead atoms. The van der Waals surface area contributed by atoms with Crippen molar-refractivity contribution in [3.8, 4) is 11.3 Å². The molecule has 4 aromatic rings. The Morgan fingerprint density at radius 3 is 2.44 bits per heavy atom. The van der Waals surface area contributed by atoms with Crippen LogP contribution in [0.15, 0.2) is 96.0 Å². The van der Waals surface area contributed by atoms with Crippen molar-refractivity contribution in [3.63, 3.8) is 0 Å². The number of carbonyl (C=O) groups is 3. The van der Waals surface area contributed by atoms with E-state index >= 15 is 0 Å². The lowest BCUT2D eigenvalue weighted by Crippen LogP contribution is -2.52. The van der Waals surface area contributed by atoms with Crippen LogP contribution in [0.2, 0.25) is 0 Å². The first-order chi connectivity index (χ1) is 21.8. The minimum Gasteiger partial charge on any atom is -0.370 e. The summed E-state index contributed by atoms with van der Waals surface area (Å²) in [7, 11) is 0. The van der Waals surface area contributed by atoms with Gasteiger partial charge in [-0.3, -0.25) is 19.4 Å². The van der Waals surface area contributed by atoms with Gasteiger partial charge in [0.15, 0.2) is 5.96 Å². The summed E-state index contributed by atoms with van der Waals surface area (Å²) in [4.78, 5) is 48.6. The van der Waals surface area contributed by atoms with Gasteiger partial charge in [-0.1, -0.05) is 66.7 Å². The van der Waals surface area contributed by atoms with Crippen LogP contribution >= 0.6 is 0 Å². The minimum atomic E-state index is -0.997. The van der Waals surface area contributed by atoms with Gasteiger partial charge in [-0.15, -0.1) is 0 Å². The number of primary amides is 1. The number of aliphatic imine (C=N–C) groups is 1. The standard InChI is InChI=1S/C34H36N8O3/c35-31(43)26-13-5-4-8-21-15-17-22(18-16-21)28-20-29(39-23-9-2-1-3-10-23)24-11-6-12-25(30(24)40-28)32(44)42-27(33(45)41-26)14-7-19-38-34(36)37/h1-6,9-12,15-18,20,26-27H,7-8,13-14,19H2,(H2,35,43)(H,39,40)(H,41,45)(H,42,44)(H4,36,37,38)/b5-4+/t26-,27-/m0/s1. The highest BCUT2D eigenvalue weighted by Crippen LogP contribution is 2.32. The number of hydrogen-bond acceptors (Lipinski definition) is 6. The predicted molar refractivity (Wildman–Crippen MR) is 177 cm³/mol. The van der Waals surface area contributed by atoms with E-state index in [-0.39, 0.29) is 25.3 Å². The zero-order chi connectivity index (χ0) is 31.8. The van der Waals surface area contributed by atoms with Crippen LogP contribution in [0.5, 0.6) is 0 Å². The lowest BCUT2D eigenvalue weighted by atomic mass is 10.0. The largest absolute Gasteiger partial charge is 0.370 e. The SMILES string of the molecule is NC(=O)[C@@H]1C/C=C/Cc2ccc(cc2)-c2cc(Nc3ccccc3)c3cccc(c3n2)C(=O)N[C@@H](CCCN=C(N)N)C(=O)N1. The van der Waals surface area contributed by atoms with Gasteiger partial charge >= 0.3 is 0 Å². The molecule has 3 aromatic carbocycles. The van der Waals surface area contributed by atoms with Crippen molar-refractivity contribution in [3.05, 3.63) is 102 Å². The van der Waals surface area contributed by atoms with E-state index < -0.39 is 29.8 Å². The lowest BCUT2D eigenvalue weighted by molar-refractivity contribution is -0.128. The number of para-hydroxylation sites is 2. The number of benzene rings is 3. The van der Waals surface area contributed by atoms with Crippen molar-refractivity contribution in [1.29, 1.82) is 0 Å². The Morgan fingerprint density at radius 2 is 1.71 bits per heavy atom. The van der Waals surface area contributed by atoms with Crippen molar-refractivity contribution in [2.75, 3.05) is 11.9 Å². The Labute approximate surface area is 261 Å². The molecule has 0 saturated carbocycles. The number of guanidine groups is 1. The summed E-state index contributed by atoms with van der Waals surface area (Å²) >= 11 is 0. The maximum atomic E-state index is 13.9. The highest BCUT2D eigenvalue weighted by atomic mass is 16.2. The van der Waals surface area contributed by atoms with Gasteiger partial charge in [-0.05, 0) is 55.5 Å². The molecule has 3 heterocycles. The number of allylic oxidation sites excluding steroid dienone is 1. The third-order valence-electron chi connectivity index (χ3n) is 7.51. The lowest BCUT2D eigenvalue weighted by Gasteiger charge is -2.22. The van der Waals surface area contributed by atoms with Gasteiger partial charge in [0.2, 0.25) is 11.8 Å². The number of carbonyl (C=O) groups excluding carboxylic acids is 3. The first-order valence-electron chi connectivity index (χ1n) is 14.7. The number of nitrogens with two attached hydrogens (primary N) is 3. The number of anilines is 2. The van der Waals surface area contributed by atoms with Gasteiger partial charge in [0.05, 0.1) is 22.5 Å². The predicted octanol–water partition coefficient (Wildman–Crippen LogP) is 3.27. The summed E-state index contributed by atoms with van der Waals surface area (Å²) in [6.07, 6.45) is 5.18. The van der Waals surface area contributed by atoms with Gasteiger partial charge in [0, 0.05) is 23.2 Å². The number of fused-ring (bicyclic) bond motifs is 10. The second kappa shape index (κ2) is 14.2. The van der Waals surface area contributed by atoms with Crippen LogP contribution < -0.4 is 33.2 Å². The molecule has 3 amide bonds. The summed E-state index contributed by atoms with van der Waals surface area (Å²) in [5, 5.41) is 9.78. The second-order valence-corrected chi connectivity index (χ2v) is 10.8. The molecule has 6 rings (SSSR count). The normalized spacial score (nSPS) is 17.5. The third kappa shape index (κ3) is 7.82. The monoisotopic (exact) mass is 604 g/mol. The smallest absolute Gasteiger partial charge is 0.254 e. The van der Waals surface area contributed by atoms with Crippen LogP contribution in [0.25, 0.3) is 22.2 Å². The quantitative estimate of drug-likeness (QED) is 0.0807. The molecule has 9 N–H and O–H groups in total. The van der Waals surface area contributed by atoms with Crippen LogP contribution in [0, 0.1) is 0 Å². The molecule has 11 heteroatoms. The Bertz CT molecular complexity index is 1750. The number of nitrogens with one attached hydrogen (secondary N) is 3. The molecular formula is C34H36N8O3. The van der Waals surface area contributed by atoms with Crippen molar-refractivity contribution in [1.82, 2.24) is 15.6 Å². The second-order valence-electron chi connectivity index (χ2n) is 10.8. The van der Waals surface area contributed by atoms with E-state index in [9.17, 15) is 14.4 Å². The number of hydrogen-bond donors (Lipinski definition) is 6. The highest BCUT2D eigenvalue weighted by Gasteiger charge is 2.26. The summed E-state index contributed by atoms with van der Waals surface area (Å²) in [6, 6.07) is 23.1. The molecule has 0 saturated heterocycles. The van der Waals surface area contributed by atoms with Crippen LogP contribution in [0.4, 0.5) is 11.4 Å². The Balaban J connectivity index is 1.60. The van der Waals surface area contributed by atoms with Gasteiger partial charge in [-0.25, -0.2) is 4.98 Å². The molecule has 0 radical (unpaired) electrons. The van der Waals surface area contributed by atoms with Crippen molar-refractivity contribution < 1.29 is 14.4 Å². The van der Waals surface area contributed by atoms with Crippen LogP contribution in [-0.2, 0) is 16.0 Å². The molecule has 230 valence electrons. The molecule has 0 aliphatic carbocycles. The van der Waals surface area contributed by atoms with E-state index in [2.05, 4.69) is 20.9 Å². The summed E-state index contributed by atoms with van der Waals surface area (Å²) in [6.45, 7) is 0.260. The molecule has 2 atom stereocenters. The van der Waals surface area contributed by atoms with Gasteiger partial charge < -0.3 is 33.2 Å². The number of aromatic nitrogens is 1. The van der Waals surface area contributed by atoms with Gasteiger partial charge in [0.25, 0.3) is 5.91 Å². The molecule has 1 aromatic heterocycles. The minimum absolute atomic E-state index is 0.0687. The molecule has 0 unspecified atom stereocenters. The summed E-state index contributed by atoms with van der Waals surface area (Å²) in [5.74, 6) is -1.78. The number of amides is 3. The maximum absolute atomic E-state index is 13.9. The van der Waals surface area contributed by atoms with E-state index in [1.54, 1.807) is 12.1 Å². The number of nitrogens with zero attached hydrogens (tertiary/aromatic N) is 2. The third-order valence-corrected chi connectivity index (χ3v) is 7.51. The van der Waals surface area contributed by atoms with Gasteiger partial charge in [0.1, 0.15) is 12.1 Å².